The molecule has 98 valence electrons. The summed E-state index contributed by atoms with van der Waals surface area (Å²) >= 11 is 3.24. The molecule has 1 aromatic heterocycles. The predicted molar refractivity (Wildman–Crippen MR) is 80.4 cm³/mol. The van der Waals surface area contributed by atoms with Gasteiger partial charge in [0.1, 0.15) is 4.60 Å². The third kappa shape index (κ3) is 3.64. The van der Waals surface area contributed by atoms with E-state index in [1.165, 1.54) is 5.56 Å². The molecule has 1 N–H and O–H groups in total. The number of halogens is 1. The van der Waals surface area contributed by atoms with Crippen molar-refractivity contribution in [3.63, 3.8) is 0 Å². The van der Waals surface area contributed by atoms with Gasteiger partial charge in [-0.25, -0.2) is 4.98 Å². The van der Waals surface area contributed by atoms with Gasteiger partial charge >= 0.3 is 0 Å². The van der Waals surface area contributed by atoms with Crippen molar-refractivity contribution in [3.8, 4) is 0 Å². The second-order valence-electron chi connectivity index (χ2n) is 4.60. The number of nitrogens with zero attached hydrogens (tertiary/aromatic N) is 1. The molecule has 0 saturated heterocycles. The minimum atomic E-state index is -0.155. The highest BCUT2D eigenvalue weighted by Crippen LogP contribution is 2.17. The number of carbonyl (C=O) groups excluding carboxylic acids is 1. The molecule has 0 spiro atoms. The number of benzene rings is 1. The maximum absolute atomic E-state index is 12.0. The molecule has 0 saturated carbocycles. The minimum Gasteiger partial charge on any atom is -0.322 e. The fourth-order valence-electron chi connectivity index (χ4n) is 1.66. The van der Waals surface area contributed by atoms with Crippen LogP contribution in [0.5, 0.6) is 0 Å². The largest absolute Gasteiger partial charge is 0.322 e. The van der Waals surface area contributed by atoms with Crippen LogP contribution in [-0.2, 0) is 0 Å². The smallest absolute Gasteiger partial charge is 0.257 e. The van der Waals surface area contributed by atoms with Crippen LogP contribution in [0.1, 0.15) is 35.7 Å². The van der Waals surface area contributed by atoms with Crippen molar-refractivity contribution >= 4 is 27.5 Å². The number of hydrogen-bond donors (Lipinski definition) is 1. The van der Waals surface area contributed by atoms with Crippen LogP contribution in [0.25, 0.3) is 0 Å². The first-order valence-corrected chi connectivity index (χ1v) is 6.88. The van der Waals surface area contributed by atoms with Gasteiger partial charge in [0.2, 0.25) is 0 Å². The van der Waals surface area contributed by atoms with Crippen LogP contribution in [0.3, 0.4) is 0 Å². The van der Waals surface area contributed by atoms with Gasteiger partial charge in [-0.05, 0) is 51.7 Å². The van der Waals surface area contributed by atoms with E-state index in [-0.39, 0.29) is 5.91 Å². The molecule has 2 rings (SSSR count). The molecule has 1 aromatic carbocycles. The zero-order valence-corrected chi connectivity index (χ0v) is 12.4. The molecule has 3 nitrogen and oxygen atoms in total. The molecular formula is C15H15BrN2O. The van der Waals surface area contributed by atoms with Crippen LogP contribution in [0.15, 0.2) is 47.2 Å². The van der Waals surface area contributed by atoms with Gasteiger partial charge in [-0.15, -0.1) is 0 Å². The molecule has 0 fully saturated rings. The van der Waals surface area contributed by atoms with Crippen LogP contribution < -0.4 is 5.32 Å². The Labute approximate surface area is 121 Å². The zero-order chi connectivity index (χ0) is 13.8. The number of anilines is 1. The van der Waals surface area contributed by atoms with Gasteiger partial charge in [0.05, 0.1) is 5.56 Å². The quantitative estimate of drug-likeness (QED) is 0.861. The van der Waals surface area contributed by atoms with Crippen molar-refractivity contribution < 1.29 is 4.79 Å². The van der Waals surface area contributed by atoms with Crippen molar-refractivity contribution in [2.24, 2.45) is 0 Å². The third-order valence-corrected chi connectivity index (χ3v) is 3.29. The molecule has 19 heavy (non-hydrogen) atoms. The molecule has 2 aromatic rings. The second kappa shape index (κ2) is 5.97. The summed E-state index contributed by atoms with van der Waals surface area (Å²) in [6, 6.07) is 11.4. The Kier molecular flexibility index (Phi) is 4.32. The number of rotatable bonds is 3. The number of nitrogens with one attached hydrogen (secondary N) is 1. The summed E-state index contributed by atoms with van der Waals surface area (Å²) in [4.78, 5) is 16.0. The van der Waals surface area contributed by atoms with Gasteiger partial charge < -0.3 is 5.32 Å². The summed E-state index contributed by atoms with van der Waals surface area (Å²) in [7, 11) is 0. The number of hydrogen-bond acceptors (Lipinski definition) is 2. The molecule has 4 heteroatoms. The summed E-state index contributed by atoms with van der Waals surface area (Å²) < 4.78 is 0.713. The molecule has 0 bridgehead atoms. The van der Waals surface area contributed by atoms with E-state index in [4.69, 9.17) is 0 Å². The average Bonchev–Trinajstić information content (AvgIpc) is 2.40. The summed E-state index contributed by atoms with van der Waals surface area (Å²) in [5.41, 5.74) is 2.58. The highest BCUT2D eigenvalue weighted by molar-refractivity contribution is 9.10. The number of aromatic nitrogens is 1. The van der Waals surface area contributed by atoms with Crippen LogP contribution >= 0.6 is 15.9 Å². The Balaban J connectivity index is 2.08. The van der Waals surface area contributed by atoms with Crippen LogP contribution in [-0.4, -0.2) is 10.9 Å². The Morgan fingerprint density at radius 2 is 1.84 bits per heavy atom. The topological polar surface area (TPSA) is 42.0 Å². The summed E-state index contributed by atoms with van der Waals surface area (Å²) in [5.74, 6) is 0.331. The van der Waals surface area contributed by atoms with Crippen molar-refractivity contribution in [1.82, 2.24) is 4.98 Å². The van der Waals surface area contributed by atoms with E-state index in [1.54, 1.807) is 18.3 Å². The number of carbonyl (C=O) groups is 1. The van der Waals surface area contributed by atoms with Crippen molar-refractivity contribution in [1.29, 1.82) is 0 Å². The lowest BCUT2D eigenvalue weighted by Crippen LogP contribution is -2.12. The molecule has 0 aliphatic rings. The number of pyridine rings is 1. The normalized spacial score (nSPS) is 10.5. The van der Waals surface area contributed by atoms with Crippen LogP contribution in [0.2, 0.25) is 0 Å². The zero-order valence-electron chi connectivity index (χ0n) is 10.9. The Bertz CT molecular complexity index is 562. The van der Waals surface area contributed by atoms with E-state index in [2.05, 4.69) is 40.1 Å². The van der Waals surface area contributed by atoms with Crippen LogP contribution in [0, 0.1) is 0 Å². The van der Waals surface area contributed by atoms with E-state index in [1.807, 2.05) is 24.3 Å². The lowest BCUT2D eigenvalue weighted by molar-refractivity contribution is 0.102. The third-order valence-electron chi connectivity index (χ3n) is 2.82. The molecule has 0 aliphatic carbocycles. The summed E-state index contributed by atoms with van der Waals surface area (Å²) in [6.07, 6.45) is 1.54. The predicted octanol–water partition coefficient (Wildman–Crippen LogP) is 4.22. The first kappa shape index (κ1) is 13.7. The Hall–Kier alpha value is -1.68. The fourth-order valence-corrected chi connectivity index (χ4v) is 1.90. The molecular weight excluding hydrogens is 304 g/mol. The van der Waals surface area contributed by atoms with Gasteiger partial charge in [0, 0.05) is 11.9 Å². The number of amides is 1. The lowest BCUT2D eigenvalue weighted by atomic mass is 10.0. The van der Waals surface area contributed by atoms with Gasteiger partial charge in [-0.1, -0.05) is 26.0 Å². The van der Waals surface area contributed by atoms with Crippen molar-refractivity contribution in [2.45, 2.75) is 19.8 Å². The van der Waals surface area contributed by atoms with E-state index < -0.39 is 0 Å². The average molecular weight is 319 g/mol. The van der Waals surface area contributed by atoms with Gasteiger partial charge in [0.15, 0.2) is 0 Å². The summed E-state index contributed by atoms with van der Waals surface area (Å²) in [5, 5.41) is 2.85. The molecule has 0 radical (unpaired) electrons. The van der Waals surface area contributed by atoms with Gasteiger partial charge in [0.25, 0.3) is 5.91 Å². The minimum absolute atomic E-state index is 0.155. The summed E-state index contributed by atoms with van der Waals surface area (Å²) in [6.45, 7) is 4.28. The first-order chi connectivity index (χ1) is 9.06. The highest BCUT2D eigenvalue weighted by atomic mass is 79.9. The van der Waals surface area contributed by atoms with Gasteiger partial charge in [-0.3, -0.25) is 4.79 Å². The monoisotopic (exact) mass is 318 g/mol. The molecule has 1 amide bonds. The van der Waals surface area contributed by atoms with E-state index in [0.717, 1.165) is 5.69 Å². The highest BCUT2D eigenvalue weighted by Gasteiger charge is 2.06. The Morgan fingerprint density at radius 3 is 2.37 bits per heavy atom. The molecule has 0 atom stereocenters. The van der Waals surface area contributed by atoms with E-state index in [9.17, 15) is 4.79 Å². The maximum atomic E-state index is 12.0. The molecule has 1 heterocycles. The SMILES string of the molecule is CC(C)c1ccc(NC(=O)c2ccc(Br)nc2)cc1. The van der Waals surface area contributed by atoms with Crippen molar-refractivity contribution in [2.75, 3.05) is 5.32 Å². The maximum Gasteiger partial charge on any atom is 0.257 e. The van der Waals surface area contributed by atoms with E-state index >= 15 is 0 Å². The second-order valence-corrected chi connectivity index (χ2v) is 5.41. The van der Waals surface area contributed by atoms with Gasteiger partial charge in [-0.2, -0.15) is 0 Å². The molecule has 0 aliphatic heterocycles. The van der Waals surface area contributed by atoms with Crippen LogP contribution in [0.4, 0.5) is 5.69 Å². The Morgan fingerprint density at radius 1 is 1.16 bits per heavy atom. The van der Waals surface area contributed by atoms with E-state index in [0.29, 0.717) is 16.1 Å². The lowest BCUT2D eigenvalue weighted by Gasteiger charge is -2.08. The fraction of sp³-hybridized carbons (Fsp3) is 0.200. The molecule has 0 unspecified atom stereocenters. The van der Waals surface area contributed by atoms with Crippen molar-refractivity contribution in [3.05, 3.63) is 58.3 Å². The first-order valence-electron chi connectivity index (χ1n) is 6.09. The standard InChI is InChI=1S/C15H15BrN2O/c1-10(2)11-3-6-13(7-4-11)18-15(19)12-5-8-14(16)17-9-12/h3-10H,1-2H3,(H,18,19).